The molecule has 1 heterocycles. The quantitative estimate of drug-likeness (QED) is 0.750. The van der Waals surface area contributed by atoms with Crippen LogP contribution in [0.4, 0.5) is 0 Å². The van der Waals surface area contributed by atoms with E-state index in [1.54, 1.807) is 11.8 Å². The van der Waals surface area contributed by atoms with Gasteiger partial charge >= 0.3 is 5.97 Å². The van der Waals surface area contributed by atoms with Gasteiger partial charge in [-0.15, -0.1) is 0 Å². The van der Waals surface area contributed by atoms with Gasteiger partial charge in [0.25, 0.3) is 0 Å². The summed E-state index contributed by atoms with van der Waals surface area (Å²) in [5, 5.41) is 0. The molecule has 0 bridgehead atoms. The molecule has 0 saturated heterocycles. The van der Waals surface area contributed by atoms with Gasteiger partial charge in [0.2, 0.25) is 0 Å². The van der Waals surface area contributed by atoms with Crippen LogP contribution in [0.1, 0.15) is 20.3 Å². The van der Waals surface area contributed by atoms with Gasteiger partial charge in [0.15, 0.2) is 0 Å². The Morgan fingerprint density at radius 3 is 2.62 bits per heavy atom. The Morgan fingerprint density at radius 1 is 1.31 bits per heavy atom. The molecule has 1 unspecified atom stereocenters. The Labute approximate surface area is 99.7 Å². The minimum absolute atomic E-state index is 0.0577. The zero-order valence-electron chi connectivity index (χ0n) is 9.40. The Morgan fingerprint density at radius 2 is 2.00 bits per heavy atom. The molecule has 16 heavy (non-hydrogen) atoms. The highest BCUT2D eigenvalue weighted by Crippen LogP contribution is 2.37. The van der Waals surface area contributed by atoms with E-state index in [9.17, 15) is 4.79 Å². The summed E-state index contributed by atoms with van der Waals surface area (Å²) in [7, 11) is 0. The summed E-state index contributed by atoms with van der Waals surface area (Å²) in [5.41, 5.74) is 0.751. The molecule has 0 fully saturated rings. The van der Waals surface area contributed by atoms with Crippen molar-refractivity contribution in [2.45, 2.75) is 31.3 Å². The molecular formula is C13H14O2S. The van der Waals surface area contributed by atoms with Crippen LogP contribution >= 0.6 is 11.8 Å². The molecule has 84 valence electrons. The van der Waals surface area contributed by atoms with Crippen molar-refractivity contribution in [3.8, 4) is 0 Å². The van der Waals surface area contributed by atoms with E-state index >= 15 is 0 Å². The van der Waals surface area contributed by atoms with E-state index in [2.05, 4.69) is 0 Å². The van der Waals surface area contributed by atoms with E-state index in [0.717, 1.165) is 21.8 Å². The number of thioether (sulfide) groups is 1. The highest BCUT2D eigenvalue weighted by molar-refractivity contribution is 8.03. The minimum Gasteiger partial charge on any atom is -0.454 e. The SMILES string of the molecule is CCC1OC(=O)C(C)=C1Sc1ccccc1. The Balaban J connectivity index is 2.23. The van der Waals surface area contributed by atoms with Crippen molar-refractivity contribution in [2.75, 3.05) is 0 Å². The van der Waals surface area contributed by atoms with Gasteiger partial charge in [-0.2, -0.15) is 0 Å². The number of hydrogen-bond donors (Lipinski definition) is 0. The maximum Gasteiger partial charge on any atom is 0.335 e. The molecule has 0 saturated carbocycles. The first-order chi connectivity index (χ1) is 7.72. The average molecular weight is 234 g/mol. The Hall–Kier alpha value is -1.22. The number of carbonyl (C=O) groups excluding carboxylic acids is 1. The fourth-order valence-electron chi connectivity index (χ4n) is 1.64. The summed E-state index contributed by atoms with van der Waals surface area (Å²) in [4.78, 5) is 13.7. The average Bonchev–Trinajstić information content (AvgIpc) is 2.58. The number of cyclic esters (lactones) is 1. The van der Waals surface area contributed by atoms with Crippen molar-refractivity contribution in [3.63, 3.8) is 0 Å². The van der Waals surface area contributed by atoms with Crippen molar-refractivity contribution < 1.29 is 9.53 Å². The lowest BCUT2D eigenvalue weighted by molar-refractivity contribution is -0.139. The number of carbonyl (C=O) groups is 1. The molecule has 0 N–H and O–H groups in total. The van der Waals surface area contributed by atoms with Crippen LogP contribution in [0.15, 0.2) is 45.7 Å². The largest absolute Gasteiger partial charge is 0.454 e. The van der Waals surface area contributed by atoms with E-state index < -0.39 is 0 Å². The Kier molecular flexibility index (Phi) is 3.34. The fourth-order valence-corrected chi connectivity index (χ4v) is 2.77. The molecule has 0 aromatic heterocycles. The highest BCUT2D eigenvalue weighted by atomic mass is 32.2. The summed E-state index contributed by atoms with van der Waals surface area (Å²) >= 11 is 1.63. The number of benzene rings is 1. The highest BCUT2D eigenvalue weighted by Gasteiger charge is 2.30. The Bertz CT molecular complexity index is 423. The van der Waals surface area contributed by atoms with E-state index in [1.165, 1.54) is 0 Å². The van der Waals surface area contributed by atoms with Gasteiger partial charge in [0, 0.05) is 15.4 Å². The normalized spacial score (nSPS) is 20.1. The van der Waals surface area contributed by atoms with Crippen LogP contribution in [0.3, 0.4) is 0 Å². The fraction of sp³-hybridized carbons (Fsp3) is 0.308. The topological polar surface area (TPSA) is 26.3 Å². The third-order valence-corrected chi connectivity index (χ3v) is 3.86. The van der Waals surface area contributed by atoms with Crippen LogP contribution in [0.25, 0.3) is 0 Å². The number of hydrogen-bond acceptors (Lipinski definition) is 3. The van der Waals surface area contributed by atoms with Gasteiger partial charge in [0.1, 0.15) is 6.10 Å². The molecular weight excluding hydrogens is 220 g/mol. The zero-order chi connectivity index (χ0) is 11.5. The summed E-state index contributed by atoms with van der Waals surface area (Å²) in [6.45, 7) is 3.87. The van der Waals surface area contributed by atoms with E-state index in [4.69, 9.17) is 4.74 Å². The van der Waals surface area contributed by atoms with Crippen molar-refractivity contribution in [2.24, 2.45) is 0 Å². The van der Waals surface area contributed by atoms with Crippen LogP contribution in [-0.4, -0.2) is 12.1 Å². The molecule has 0 radical (unpaired) electrons. The predicted molar refractivity (Wildman–Crippen MR) is 65.2 cm³/mol. The van der Waals surface area contributed by atoms with Gasteiger partial charge < -0.3 is 4.74 Å². The second kappa shape index (κ2) is 4.74. The lowest BCUT2D eigenvalue weighted by atomic mass is 10.2. The summed E-state index contributed by atoms with van der Waals surface area (Å²) in [6, 6.07) is 10.1. The molecule has 1 aromatic rings. The molecule has 1 aliphatic rings. The smallest absolute Gasteiger partial charge is 0.335 e. The van der Waals surface area contributed by atoms with E-state index in [0.29, 0.717) is 0 Å². The predicted octanol–water partition coefficient (Wildman–Crippen LogP) is 3.39. The molecule has 0 spiro atoms. The number of ether oxygens (including phenoxy) is 1. The van der Waals surface area contributed by atoms with E-state index in [-0.39, 0.29) is 12.1 Å². The second-order valence-corrected chi connectivity index (χ2v) is 4.82. The summed E-state index contributed by atoms with van der Waals surface area (Å²) in [5.74, 6) is -0.176. The molecule has 0 amide bonds. The monoisotopic (exact) mass is 234 g/mol. The molecule has 0 aliphatic carbocycles. The molecule has 1 atom stereocenters. The lowest BCUT2D eigenvalue weighted by Gasteiger charge is -2.11. The first kappa shape index (κ1) is 11.3. The van der Waals surface area contributed by atoms with Gasteiger partial charge in [-0.3, -0.25) is 0 Å². The maximum atomic E-state index is 11.5. The number of rotatable bonds is 3. The van der Waals surface area contributed by atoms with Crippen LogP contribution < -0.4 is 0 Å². The van der Waals surface area contributed by atoms with Gasteiger partial charge in [-0.05, 0) is 25.5 Å². The first-order valence-electron chi connectivity index (χ1n) is 5.37. The summed E-state index contributed by atoms with van der Waals surface area (Å²) in [6.07, 6.45) is 0.774. The van der Waals surface area contributed by atoms with Crippen LogP contribution in [0.5, 0.6) is 0 Å². The van der Waals surface area contributed by atoms with Crippen LogP contribution in [-0.2, 0) is 9.53 Å². The van der Waals surface area contributed by atoms with Gasteiger partial charge in [-0.25, -0.2) is 4.79 Å². The second-order valence-electron chi connectivity index (χ2n) is 3.71. The molecule has 2 nitrogen and oxygen atoms in total. The molecule has 2 rings (SSSR count). The third kappa shape index (κ3) is 2.14. The zero-order valence-corrected chi connectivity index (χ0v) is 10.2. The van der Waals surface area contributed by atoms with Crippen molar-refractivity contribution >= 4 is 17.7 Å². The van der Waals surface area contributed by atoms with Gasteiger partial charge in [-0.1, -0.05) is 36.9 Å². The van der Waals surface area contributed by atoms with Crippen LogP contribution in [0, 0.1) is 0 Å². The van der Waals surface area contributed by atoms with Crippen molar-refractivity contribution in [1.82, 2.24) is 0 Å². The third-order valence-electron chi connectivity index (χ3n) is 2.56. The molecule has 1 aliphatic heterocycles. The summed E-state index contributed by atoms with van der Waals surface area (Å²) < 4.78 is 5.27. The van der Waals surface area contributed by atoms with E-state index in [1.807, 2.05) is 44.2 Å². The lowest BCUT2D eigenvalue weighted by Crippen LogP contribution is -2.08. The molecule has 1 aromatic carbocycles. The minimum atomic E-state index is -0.176. The molecule has 3 heteroatoms. The van der Waals surface area contributed by atoms with Gasteiger partial charge in [0.05, 0.1) is 0 Å². The standard InChI is InChI=1S/C13H14O2S/c1-3-11-12(9(2)13(14)15-11)16-10-7-5-4-6-8-10/h4-8,11H,3H2,1-2H3. The first-order valence-corrected chi connectivity index (χ1v) is 6.18. The van der Waals surface area contributed by atoms with Crippen molar-refractivity contribution in [1.29, 1.82) is 0 Å². The maximum absolute atomic E-state index is 11.5. The number of esters is 1. The van der Waals surface area contributed by atoms with Crippen molar-refractivity contribution in [3.05, 3.63) is 40.8 Å². The van der Waals surface area contributed by atoms with Crippen LogP contribution in [0.2, 0.25) is 0 Å².